The molecule has 130 valence electrons. The van der Waals surface area contributed by atoms with Crippen molar-refractivity contribution in [1.29, 1.82) is 0 Å². The Bertz CT molecular complexity index is 918. The summed E-state index contributed by atoms with van der Waals surface area (Å²) in [5, 5.41) is 7.55. The van der Waals surface area contributed by atoms with Gasteiger partial charge in [0.15, 0.2) is 0 Å². The molecule has 1 N–H and O–H groups in total. The Balaban J connectivity index is 1.93. The maximum Gasteiger partial charge on any atom is 0.416 e. The first-order valence-corrected chi connectivity index (χ1v) is 7.65. The van der Waals surface area contributed by atoms with Crippen LogP contribution in [-0.2, 0) is 12.7 Å². The Morgan fingerprint density at radius 1 is 1.28 bits per heavy atom. The number of carbonyl (C=O) groups excluding carboxylic acids is 1. The van der Waals surface area contributed by atoms with Gasteiger partial charge in [0.2, 0.25) is 0 Å². The summed E-state index contributed by atoms with van der Waals surface area (Å²) in [6, 6.07) is 6.74. The normalized spacial score (nSPS) is 11.7. The zero-order valence-electron chi connectivity index (χ0n) is 13.3. The molecule has 5 nitrogen and oxygen atoms in total. The lowest BCUT2D eigenvalue weighted by Crippen LogP contribution is -2.23. The van der Waals surface area contributed by atoms with Gasteiger partial charge in [0.25, 0.3) is 5.91 Å². The highest BCUT2D eigenvalue weighted by atomic mass is 19.4. The van der Waals surface area contributed by atoms with Crippen molar-refractivity contribution in [3.05, 3.63) is 59.5 Å². The maximum atomic E-state index is 12.8. The molecule has 0 saturated heterocycles. The predicted molar refractivity (Wildman–Crippen MR) is 86.1 cm³/mol. The molecule has 3 aromatic rings. The summed E-state index contributed by atoms with van der Waals surface area (Å²) in [6.45, 7) is 2.43. The number of fused-ring (bicyclic) bond motifs is 1. The minimum absolute atomic E-state index is 0.160. The van der Waals surface area contributed by atoms with Crippen LogP contribution in [0, 0.1) is 0 Å². The van der Waals surface area contributed by atoms with Gasteiger partial charge < -0.3 is 5.32 Å². The molecule has 25 heavy (non-hydrogen) atoms. The zero-order chi connectivity index (χ0) is 18.0. The van der Waals surface area contributed by atoms with Crippen LogP contribution >= 0.6 is 0 Å². The molecule has 3 rings (SSSR count). The lowest BCUT2D eigenvalue weighted by atomic mass is 10.1. The van der Waals surface area contributed by atoms with Crippen molar-refractivity contribution < 1.29 is 18.0 Å². The number of nitrogens with zero attached hydrogens (tertiary/aromatic N) is 3. The second kappa shape index (κ2) is 6.54. The van der Waals surface area contributed by atoms with Gasteiger partial charge in [-0.3, -0.25) is 14.5 Å². The number of pyridine rings is 1. The number of carbonyl (C=O) groups is 1. The molecule has 2 aromatic heterocycles. The van der Waals surface area contributed by atoms with Gasteiger partial charge in [-0.2, -0.15) is 18.3 Å². The molecule has 0 aliphatic carbocycles. The van der Waals surface area contributed by atoms with Crippen LogP contribution in [0.3, 0.4) is 0 Å². The topological polar surface area (TPSA) is 59.8 Å². The maximum absolute atomic E-state index is 12.8. The number of alkyl halides is 3. The Labute approximate surface area is 141 Å². The lowest BCUT2D eigenvalue weighted by molar-refractivity contribution is -0.137. The third kappa shape index (κ3) is 3.62. The van der Waals surface area contributed by atoms with E-state index in [4.69, 9.17) is 0 Å². The Morgan fingerprint density at radius 3 is 2.80 bits per heavy atom. The van der Waals surface area contributed by atoms with Gasteiger partial charge >= 0.3 is 6.18 Å². The van der Waals surface area contributed by atoms with Gasteiger partial charge in [0.05, 0.1) is 23.0 Å². The van der Waals surface area contributed by atoms with Crippen molar-refractivity contribution in [2.24, 2.45) is 0 Å². The molecule has 0 fully saturated rings. The smallest absolute Gasteiger partial charge is 0.351 e. The van der Waals surface area contributed by atoms with E-state index >= 15 is 0 Å². The van der Waals surface area contributed by atoms with Crippen molar-refractivity contribution in [3.63, 3.8) is 0 Å². The van der Waals surface area contributed by atoms with Crippen LogP contribution in [0.2, 0.25) is 0 Å². The average molecular weight is 348 g/mol. The molecule has 0 aliphatic rings. The Hall–Kier alpha value is -2.90. The first kappa shape index (κ1) is 16.9. The Kier molecular flexibility index (Phi) is 4.43. The predicted octanol–water partition coefficient (Wildman–Crippen LogP) is 3.25. The quantitative estimate of drug-likeness (QED) is 0.787. The van der Waals surface area contributed by atoms with Crippen LogP contribution in [0.4, 0.5) is 13.2 Å². The standard InChI is InChI=1S/C17H15F3N4O/c1-2-21-16(25)15-13-10-24(23-14(13)6-7-22-15)9-11-4-3-5-12(8-11)17(18,19)20/h3-8,10H,2,9H2,1H3,(H,21,25). The molecule has 1 aromatic carbocycles. The van der Waals surface area contributed by atoms with Gasteiger partial charge in [-0.1, -0.05) is 12.1 Å². The Morgan fingerprint density at radius 2 is 2.08 bits per heavy atom. The first-order chi connectivity index (χ1) is 11.9. The van der Waals surface area contributed by atoms with Crippen LogP contribution in [0.1, 0.15) is 28.5 Å². The van der Waals surface area contributed by atoms with E-state index in [1.54, 1.807) is 25.3 Å². The summed E-state index contributed by atoms with van der Waals surface area (Å²) in [4.78, 5) is 16.1. The molecule has 0 aliphatic heterocycles. The molecule has 0 saturated carbocycles. The SMILES string of the molecule is CCNC(=O)c1nccc2nn(Cc3cccc(C(F)(F)F)c3)cc12. The minimum Gasteiger partial charge on any atom is -0.351 e. The van der Waals surface area contributed by atoms with Crippen molar-refractivity contribution in [2.45, 2.75) is 19.6 Å². The number of nitrogens with one attached hydrogen (secondary N) is 1. The molecular formula is C17H15F3N4O. The van der Waals surface area contributed by atoms with E-state index in [-0.39, 0.29) is 18.1 Å². The fraction of sp³-hybridized carbons (Fsp3) is 0.235. The van der Waals surface area contributed by atoms with Crippen molar-refractivity contribution in [1.82, 2.24) is 20.1 Å². The number of rotatable bonds is 4. The molecule has 0 radical (unpaired) electrons. The largest absolute Gasteiger partial charge is 0.416 e. The minimum atomic E-state index is -4.39. The highest BCUT2D eigenvalue weighted by Crippen LogP contribution is 2.29. The highest BCUT2D eigenvalue weighted by Gasteiger charge is 2.30. The van der Waals surface area contributed by atoms with Crippen molar-refractivity contribution in [2.75, 3.05) is 6.54 Å². The molecule has 8 heteroatoms. The number of amides is 1. The highest BCUT2D eigenvalue weighted by molar-refractivity contribution is 6.04. The number of hydrogen-bond donors (Lipinski definition) is 1. The number of benzene rings is 1. The van der Waals surface area contributed by atoms with Gasteiger partial charge in [-0.25, -0.2) is 0 Å². The summed E-state index contributed by atoms with van der Waals surface area (Å²) < 4.78 is 39.9. The van der Waals surface area contributed by atoms with Gasteiger partial charge in [0, 0.05) is 18.9 Å². The third-order valence-electron chi connectivity index (χ3n) is 3.63. The number of halogens is 3. The second-order valence-electron chi connectivity index (χ2n) is 5.48. The van der Waals surface area contributed by atoms with Crippen LogP contribution in [0.25, 0.3) is 10.9 Å². The van der Waals surface area contributed by atoms with E-state index in [0.29, 0.717) is 23.0 Å². The van der Waals surface area contributed by atoms with Crippen molar-refractivity contribution >= 4 is 16.8 Å². The van der Waals surface area contributed by atoms with Crippen LogP contribution < -0.4 is 5.32 Å². The number of hydrogen-bond acceptors (Lipinski definition) is 3. The molecule has 0 spiro atoms. The van der Waals surface area contributed by atoms with Crippen LogP contribution in [0.15, 0.2) is 42.7 Å². The molecule has 1 amide bonds. The average Bonchev–Trinajstić information content (AvgIpc) is 2.96. The number of aromatic nitrogens is 3. The lowest BCUT2D eigenvalue weighted by Gasteiger charge is -2.08. The molecule has 0 bridgehead atoms. The van der Waals surface area contributed by atoms with Gasteiger partial charge in [-0.05, 0) is 30.7 Å². The van der Waals surface area contributed by atoms with Crippen LogP contribution in [0.5, 0.6) is 0 Å². The monoisotopic (exact) mass is 348 g/mol. The fourth-order valence-electron chi connectivity index (χ4n) is 2.53. The third-order valence-corrected chi connectivity index (χ3v) is 3.63. The summed E-state index contributed by atoms with van der Waals surface area (Å²) >= 11 is 0. The van der Waals surface area contributed by atoms with Gasteiger partial charge in [-0.15, -0.1) is 0 Å². The van der Waals surface area contributed by atoms with E-state index in [9.17, 15) is 18.0 Å². The summed E-state index contributed by atoms with van der Waals surface area (Å²) in [5.41, 5.74) is 0.569. The molecule has 2 heterocycles. The van der Waals surface area contributed by atoms with E-state index in [1.807, 2.05) is 0 Å². The summed E-state index contributed by atoms with van der Waals surface area (Å²) in [5.74, 6) is -0.313. The molecule has 0 atom stereocenters. The van der Waals surface area contributed by atoms with E-state index in [1.165, 1.54) is 16.9 Å². The summed E-state index contributed by atoms with van der Waals surface area (Å²) in [7, 11) is 0. The van der Waals surface area contributed by atoms with Crippen LogP contribution in [-0.4, -0.2) is 27.2 Å². The summed E-state index contributed by atoms with van der Waals surface area (Å²) in [6.07, 6.45) is -1.29. The fourth-order valence-corrected chi connectivity index (χ4v) is 2.53. The van der Waals surface area contributed by atoms with E-state index < -0.39 is 11.7 Å². The van der Waals surface area contributed by atoms with E-state index in [2.05, 4.69) is 15.4 Å². The molecule has 0 unspecified atom stereocenters. The first-order valence-electron chi connectivity index (χ1n) is 7.65. The molecular weight excluding hydrogens is 333 g/mol. The van der Waals surface area contributed by atoms with Gasteiger partial charge in [0.1, 0.15) is 5.69 Å². The zero-order valence-corrected chi connectivity index (χ0v) is 13.3. The second-order valence-corrected chi connectivity index (χ2v) is 5.48. The van der Waals surface area contributed by atoms with Crippen molar-refractivity contribution in [3.8, 4) is 0 Å². The van der Waals surface area contributed by atoms with E-state index in [0.717, 1.165) is 12.1 Å².